The van der Waals surface area contributed by atoms with Crippen molar-refractivity contribution in [3.8, 4) is 11.1 Å². The van der Waals surface area contributed by atoms with Crippen molar-refractivity contribution in [2.24, 2.45) is 0 Å². The Bertz CT molecular complexity index is 950. The molecule has 0 aromatic heterocycles. The minimum Gasteiger partial charge on any atom is -0.481 e. The molecule has 27 heavy (non-hydrogen) atoms. The second-order valence-electron chi connectivity index (χ2n) is 6.02. The van der Waals surface area contributed by atoms with Gasteiger partial charge in [0.05, 0.1) is 12.0 Å². The van der Waals surface area contributed by atoms with Crippen LogP contribution >= 0.6 is 0 Å². The van der Waals surface area contributed by atoms with E-state index in [4.69, 9.17) is 5.11 Å². The highest BCUT2D eigenvalue weighted by Crippen LogP contribution is 2.34. The molecule has 3 nitrogen and oxygen atoms in total. The lowest BCUT2D eigenvalue weighted by atomic mass is 10.0. The van der Waals surface area contributed by atoms with Crippen molar-refractivity contribution in [1.29, 1.82) is 0 Å². The maximum Gasteiger partial charge on any atom is 0.416 e. The number of para-hydroxylation sites is 1. The summed E-state index contributed by atoms with van der Waals surface area (Å²) >= 11 is 0. The first kappa shape index (κ1) is 18.5. The van der Waals surface area contributed by atoms with Crippen molar-refractivity contribution in [3.05, 3.63) is 83.9 Å². The summed E-state index contributed by atoms with van der Waals surface area (Å²) in [6.07, 6.45) is -4.46. The molecule has 0 heterocycles. The van der Waals surface area contributed by atoms with Gasteiger partial charge in [0.1, 0.15) is 0 Å². The second kappa shape index (κ2) is 7.53. The van der Waals surface area contributed by atoms with Crippen molar-refractivity contribution < 1.29 is 23.1 Å². The number of halogens is 3. The van der Waals surface area contributed by atoms with Gasteiger partial charge in [-0.15, -0.1) is 0 Å². The summed E-state index contributed by atoms with van der Waals surface area (Å²) in [6.45, 7) is 0. The predicted molar refractivity (Wildman–Crippen MR) is 97.9 cm³/mol. The first-order chi connectivity index (χ1) is 12.8. The molecule has 0 aliphatic carbocycles. The van der Waals surface area contributed by atoms with Gasteiger partial charge in [-0.1, -0.05) is 42.5 Å². The van der Waals surface area contributed by atoms with Gasteiger partial charge in [-0.25, -0.2) is 0 Å². The molecule has 0 aliphatic heterocycles. The van der Waals surface area contributed by atoms with Crippen LogP contribution in [0.3, 0.4) is 0 Å². The largest absolute Gasteiger partial charge is 0.481 e. The SMILES string of the molecule is O=C(O)Cc1cccc(Nc2ccccc2-c2ccc(C(F)(F)F)cc2)c1. The van der Waals surface area contributed by atoms with Gasteiger partial charge in [-0.2, -0.15) is 13.2 Å². The molecule has 2 N–H and O–H groups in total. The molecule has 0 atom stereocenters. The third kappa shape index (κ3) is 4.67. The molecule has 138 valence electrons. The third-order valence-corrected chi connectivity index (χ3v) is 4.01. The van der Waals surface area contributed by atoms with Crippen LogP contribution in [0.4, 0.5) is 24.5 Å². The standard InChI is InChI=1S/C21H16F3NO2/c22-21(23,24)16-10-8-15(9-11-16)18-6-1-2-7-19(18)25-17-5-3-4-14(12-17)13-20(26)27/h1-12,25H,13H2,(H,26,27). The van der Waals surface area contributed by atoms with E-state index >= 15 is 0 Å². The smallest absolute Gasteiger partial charge is 0.416 e. The van der Waals surface area contributed by atoms with Crippen molar-refractivity contribution in [1.82, 2.24) is 0 Å². The molecule has 3 aromatic rings. The molecule has 3 aromatic carbocycles. The lowest BCUT2D eigenvalue weighted by molar-refractivity contribution is -0.138. The normalized spacial score (nSPS) is 11.2. The van der Waals surface area contributed by atoms with Gasteiger partial charge >= 0.3 is 12.1 Å². The fourth-order valence-corrected chi connectivity index (χ4v) is 2.77. The number of nitrogens with one attached hydrogen (secondary N) is 1. The van der Waals surface area contributed by atoms with Crippen LogP contribution < -0.4 is 5.32 Å². The zero-order valence-corrected chi connectivity index (χ0v) is 14.1. The zero-order chi connectivity index (χ0) is 19.4. The topological polar surface area (TPSA) is 49.3 Å². The van der Waals surface area contributed by atoms with Crippen molar-refractivity contribution in [2.75, 3.05) is 5.32 Å². The van der Waals surface area contributed by atoms with Gasteiger partial charge in [-0.3, -0.25) is 4.79 Å². The Morgan fingerprint density at radius 3 is 2.30 bits per heavy atom. The molecule has 0 saturated carbocycles. The number of carboxylic acid groups (broad SMARTS) is 1. The molecule has 0 saturated heterocycles. The van der Waals surface area contributed by atoms with Gasteiger partial charge in [-0.05, 0) is 41.5 Å². The maximum absolute atomic E-state index is 12.8. The highest BCUT2D eigenvalue weighted by molar-refractivity contribution is 5.81. The van der Waals surface area contributed by atoms with E-state index < -0.39 is 17.7 Å². The van der Waals surface area contributed by atoms with Crippen molar-refractivity contribution in [3.63, 3.8) is 0 Å². The molecular formula is C21H16F3NO2. The summed E-state index contributed by atoms with van der Waals surface area (Å²) in [5.74, 6) is -0.919. The summed E-state index contributed by atoms with van der Waals surface area (Å²) in [5.41, 5.74) is 2.76. The summed E-state index contributed by atoms with van der Waals surface area (Å²) in [5, 5.41) is 12.1. The number of aliphatic carboxylic acids is 1. The number of carbonyl (C=O) groups is 1. The number of benzene rings is 3. The number of rotatable bonds is 5. The lowest BCUT2D eigenvalue weighted by Gasteiger charge is -2.14. The summed E-state index contributed by atoms with van der Waals surface area (Å²) < 4.78 is 38.3. The fourth-order valence-electron chi connectivity index (χ4n) is 2.77. The average molecular weight is 371 g/mol. The van der Waals surface area contributed by atoms with Crippen LogP contribution in [0.1, 0.15) is 11.1 Å². The number of alkyl halides is 3. The van der Waals surface area contributed by atoms with Crippen LogP contribution in [-0.4, -0.2) is 11.1 Å². The van der Waals surface area contributed by atoms with E-state index in [1.54, 1.807) is 30.3 Å². The Balaban J connectivity index is 1.90. The molecule has 0 aliphatic rings. The molecule has 0 radical (unpaired) electrons. The Morgan fingerprint density at radius 1 is 0.926 bits per heavy atom. The number of hydrogen-bond acceptors (Lipinski definition) is 2. The van der Waals surface area contributed by atoms with Crippen LogP contribution in [0, 0.1) is 0 Å². The molecule has 0 bridgehead atoms. The first-order valence-corrected chi connectivity index (χ1v) is 8.17. The molecular weight excluding hydrogens is 355 g/mol. The minimum atomic E-state index is -4.37. The van der Waals surface area contributed by atoms with E-state index in [1.807, 2.05) is 18.2 Å². The van der Waals surface area contributed by atoms with Crippen LogP contribution in [0.5, 0.6) is 0 Å². The summed E-state index contributed by atoms with van der Waals surface area (Å²) in [4.78, 5) is 10.9. The van der Waals surface area contributed by atoms with E-state index in [9.17, 15) is 18.0 Å². The van der Waals surface area contributed by atoms with Crippen LogP contribution in [-0.2, 0) is 17.4 Å². The fraction of sp³-hybridized carbons (Fsp3) is 0.0952. The quantitative estimate of drug-likeness (QED) is 0.601. The van der Waals surface area contributed by atoms with E-state index in [1.165, 1.54) is 12.1 Å². The molecule has 6 heteroatoms. The predicted octanol–water partition coefficient (Wildman–Crippen LogP) is 5.74. The van der Waals surface area contributed by atoms with Crippen LogP contribution in [0.2, 0.25) is 0 Å². The minimum absolute atomic E-state index is 0.0872. The van der Waals surface area contributed by atoms with E-state index in [2.05, 4.69) is 5.32 Å². The Morgan fingerprint density at radius 2 is 1.63 bits per heavy atom. The highest BCUT2D eigenvalue weighted by atomic mass is 19.4. The number of hydrogen-bond donors (Lipinski definition) is 2. The second-order valence-corrected chi connectivity index (χ2v) is 6.02. The van der Waals surface area contributed by atoms with E-state index in [-0.39, 0.29) is 6.42 Å². The van der Waals surface area contributed by atoms with Gasteiger partial charge < -0.3 is 10.4 Å². The van der Waals surface area contributed by atoms with Gasteiger partial charge in [0, 0.05) is 16.9 Å². The third-order valence-electron chi connectivity index (χ3n) is 4.01. The van der Waals surface area contributed by atoms with Crippen LogP contribution in [0.15, 0.2) is 72.8 Å². The molecule has 0 fully saturated rings. The number of carboxylic acids is 1. The van der Waals surface area contributed by atoms with Crippen molar-refractivity contribution >= 4 is 17.3 Å². The number of anilines is 2. The molecule has 0 amide bonds. The monoisotopic (exact) mass is 371 g/mol. The Labute approximate surface area is 154 Å². The summed E-state index contributed by atoms with van der Waals surface area (Å²) in [7, 11) is 0. The highest BCUT2D eigenvalue weighted by Gasteiger charge is 2.30. The Hall–Kier alpha value is -3.28. The average Bonchev–Trinajstić information content (AvgIpc) is 2.61. The first-order valence-electron chi connectivity index (χ1n) is 8.17. The Kier molecular flexibility index (Phi) is 5.16. The van der Waals surface area contributed by atoms with Crippen LogP contribution in [0.25, 0.3) is 11.1 Å². The summed E-state index contributed by atoms with van der Waals surface area (Å²) in [6, 6.07) is 19.2. The maximum atomic E-state index is 12.8. The zero-order valence-electron chi connectivity index (χ0n) is 14.1. The van der Waals surface area contributed by atoms with Gasteiger partial charge in [0.15, 0.2) is 0 Å². The molecule has 3 rings (SSSR count). The van der Waals surface area contributed by atoms with Gasteiger partial charge in [0.25, 0.3) is 0 Å². The lowest BCUT2D eigenvalue weighted by Crippen LogP contribution is -2.04. The van der Waals surface area contributed by atoms with Crippen molar-refractivity contribution in [2.45, 2.75) is 12.6 Å². The van der Waals surface area contributed by atoms with E-state index in [0.29, 0.717) is 22.5 Å². The molecule has 0 unspecified atom stereocenters. The van der Waals surface area contributed by atoms with E-state index in [0.717, 1.165) is 17.7 Å². The molecule has 0 spiro atoms. The van der Waals surface area contributed by atoms with Gasteiger partial charge in [0.2, 0.25) is 0 Å².